The standard InChI is InChI=1S/C19H20N2O4/c1-12-4-2-3-5-13(12)8-15(10-22)20-19(24)14-6-7-16-17(9-14)25-11-18(23)21-16/h2-7,9,15,22H,8,10-11H2,1H3,(H,20,24)(H,21,23). The van der Waals surface area contributed by atoms with Gasteiger partial charge in [0, 0.05) is 5.56 Å². The molecule has 1 aliphatic heterocycles. The molecule has 3 N–H and O–H groups in total. The van der Waals surface area contributed by atoms with Gasteiger partial charge in [-0.25, -0.2) is 0 Å². The second kappa shape index (κ2) is 7.36. The Labute approximate surface area is 145 Å². The van der Waals surface area contributed by atoms with E-state index in [1.807, 2.05) is 31.2 Å². The quantitative estimate of drug-likeness (QED) is 0.772. The molecule has 2 amide bonds. The number of aliphatic hydroxyl groups is 1. The van der Waals surface area contributed by atoms with E-state index in [2.05, 4.69) is 10.6 Å². The second-order valence-corrected chi connectivity index (χ2v) is 6.03. The number of anilines is 1. The number of hydrogen-bond donors (Lipinski definition) is 3. The highest BCUT2D eigenvalue weighted by Crippen LogP contribution is 2.28. The van der Waals surface area contributed by atoms with Crippen LogP contribution >= 0.6 is 0 Å². The molecule has 1 heterocycles. The van der Waals surface area contributed by atoms with E-state index in [1.54, 1.807) is 18.2 Å². The fourth-order valence-electron chi connectivity index (χ4n) is 2.75. The normalized spacial score (nSPS) is 14.1. The zero-order chi connectivity index (χ0) is 17.8. The van der Waals surface area contributed by atoms with Crippen molar-refractivity contribution in [3.05, 3.63) is 59.2 Å². The van der Waals surface area contributed by atoms with Gasteiger partial charge in [0.05, 0.1) is 18.3 Å². The van der Waals surface area contributed by atoms with Gasteiger partial charge in [-0.15, -0.1) is 0 Å². The summed E-state index contributed by atoms with van der Waals surface area (Å²) in [6, 6.07) is 12.3. The summed E-state index contributed by atoms with van der Waals surface area (Å²) in [5.74, 6) is -0.0501. The van der Waals surface area contributed by atoms with Crippen molar-refractivity contribution in [3.63, 3.8) is 0 Å². The van der Waals surface area contributed by atoms with Crippen LogP contribution in [0.1, 0.15) is 21.5 Å². The Morgan fingerprint density at radius 3 is 2.88 bits per heavy atom. The smallest absolute Gasteiger partial charge is 0.262 e. The first kappa shape index (κ1) is 17.0. The van der Waals surface area contributed by atoms with Crippen molar-refractivity contribution < 1.29 is 19.4 Å². The molecule has 0 saturated carbocycles. The largest absolute Gasteiger partial charge is 0.482 e. The molecule has 2 aromatic rings. The van der Waals surface area contributed by atoms with Crippen LogP contribution < -0.4 is 15.4 Å². The van der Waals surface area contributed by atoms with E-state index in [9.17, 15) is 14.7 Å². The van der Waals surface area contributed by atoms with Gasteiger partial charge in [0.15, 0.2) is 6.61 Å². The van der Waals surface area contributed by atoms with Crippen LogP contribution in [0.2, 0.25) is 0 Å². The molecule has 1 aliphatic rings. The Morgan fingerprint density at radius 2 is 2.12 bits per heavy atom. The number of aryl methyl sites for hydroxylation is 1. The summed E-state index contributed by atoms with van der Waals surface area (Å²) < 4.78 is 5.33. The van der Waals surface area contributed by atoms with Gasteiger partial charge in [0.2, 0.25) is 0 Å². The maximum absolute atomic E-state index is 12.5. The SMILES string of the molecule is Cc1ccccc1CC(CO)NC(=O)c1ccc2c(c1)OCC(=O)N2. The summed E-state index contributed by atoms with van der Waals surface area (Å²) in [6.07, 6.45) is 0.548. The molecule has 0 spiro atoms. The lowest BCUT2D eigenvalue weighted by Crippen LogP contribution is -2.39. The monoisotopic (exact) mass is 340 g/mol. The minimum Gasteiger partial charge on any atom is -0.482 e. The van der Waals surface area contributed by atoms with E-state index < -0.39 is 0 Å². The molecule has 2 aromatic carbocycles. The number of fused-ring (bicyclic) bond motifs is 1. The van der Waals surface area contributed by atoms with Crippen LogP contribution in [0, 0.1) is 6.92 Å². The number of rotatable bonds is 5. The first-order valence-electron chi connectivity index (χ1n) is 8.09. The fraction of sp³-hybridized carbons (Fsp3) is 0.263. The van der Waals surface area contributed by atoms with Crippen LogP contribution in [0.4, 0.5) is 5.69 Å². The molecule has 3 rings (SSSR count). The van der Waals surface area contributed by atoms with Crippen LogP contribution in [-0.4, -0.2) is 36.2 Å². The van der Waals surface area contributed by atoms with E-state index in [-0.39, 0.29) is 31.1 Å². The molecule has 6 nitrogen and oxygen atoms in total. The average Bonchev–Trinajstić information content (AvgIpc) is 2.62. The van der Waals surface area contributed by atoms with Crippen molar-refractivity contribution in [2.45, 2.75) is 19.4 Å². The van der Waals surface area contributed by atoms with Crippen molar-refractivity contribution in [2.24, 2.45) is 0 Å². The minimum atomic E-state index is -0.384. The van der Waals surface area contributed by atoms with Gasteiger partial charge in [0.25, 0.3) is 11.8 Å². The van der Waals surface area contributed by atoms with Crippen molar-refractivity contribution in [1.29, 1.82) is 0 Å². The molecule has 0 aromatic heterocycles. The van der Waals surface area contributed by atoms with Crippen LogP contribution in [0.5, 0.6) is 5.75 Å². The zero-order valence-corrected chi connectivity index (χ0v) is 13.9. The van der Waals surface area contributed by atoms with E-state index in [0.717, 1.165) is 11.1 Å². The molecular weight excluding hydrogens is 320 g/mol. The van der Waals surface area contributed by atoms with Gasteiger partial charge in [-0.05, 0) is 42.7 Å². The summed E-state index contributed by atoms with van der Waals surface area (Å²) in [6.45, 7) is 1.78. The third-order valence-corrected chi connectivity index (χ3v) is 4.16. The molecule has 0 aliphatic carbocycles. The Hall–Kier alpha value is -2.86. The number of aliphatic hydroxyl groups excluding tert-OH is 1. The van der Waals surface area contributed by atoms with Crippen molar-refractivity contribution in [2.75, 3.05) is 18.5 Å². The van der Waals surface area contributed by atoms with Crippen molar-refractivity contribution >= 4 is 17.5 Å². The lowest BCUT2D eigenvalue weighted by atomic mass is 10.0. The highest BCUT2D eigenvalue weighted by Gasteiger charge is 2.19. The average molecular weight is 340 g/mol. The first-order valence-corrected chi connectivity index (χ1v) is 8.09. The van der Waals surface area contributed by atoms with Crippen LogP contribution in [0.15, 0.2) is 42.5 Å². The Balaban J connectivity index is 1.70. The highest BCUT2D eigenvalue weighted by molar-refractivity contribution is 5.99. The summed E-state index contributed by atoms with van der Waals surface area (Å²) in [7, 11) is 0. The molecule has 0 bridgehead atoms. The number of hydrogen-bond acceptors (Lipinski definition) is 4. The molecule has 130 valence electrons. The Morgan fingerprint density at radius 1 is 1.32 bits per heavy atom. The third-order valence-electron chi connectivity index (χ3n) is 4.16. The second-order valence-electron chi connectivity index (χ2n) is 6.03. The summed E-state index contributed by atoms with van der Waals surface area (Å²) in [5, 5.41) is 15.1. The van der Waals surface area contributed by atoms with Gasteiger partial charge in [0.1, 0.15) is 5.75 Å². The topological polar surface area (TPSA) is 87.7 Å². The van der Waals surface area contributed by atoms with Crippen LogP contribution in [0.25, 0.3) is 0 Å². The number of nitrogens with one attached hydrogen (secondary N) is 2. The number of carbonyl (C=O) groups is 2. The molecule has 6 heteroatoms. The fourth-order valence-corrected chi connectivity index (χ4v) is 2.75. The van der Waals surface area contributed by atoms with Gasteiger partial charge >= 0.3 is 0 Å². The lowest BCUT2D eigenvalue weighted by Gasteiger charge is -2.20. The summed E-state index contributed by atoms with van der Waals surface area (Å²) in [5.41, 5.74) is 3.16. The number of amides is 2. The van der Waals surface area contributed by atoms with Crippen molar-refractivity contribution in [1.82, 2.24) is 5.32 Å². The molecule has 0 fully saturated rings. The van der Waals surface area contributed by atoms with E-state index in [0.29, 0.717) is 23.4 Å². The maximum Gasteiger partial charge on any atom is 0.262 e. The minimum absolute atomic E-state index is 0.0649. The maximum atomic E-state index is 12.5. The van der Waals surface area contributed by atoms with E-state index in [1.165, 1.54) is 0 Å². The van der Waals surface area contributed by atoms with Gasteiger partial charge < -0.3 is 20.5 Å². The van der Waals surface area contributed by atoms with Gasteiger partial charge in [-0.2, -0.15) is 0 Å². The molecule has 0 radical (unpaired) electrons. The third kappa shape index (κ3) is 3.97. The summed E-state index contributed by atoms with van der Waals surface area (Å²) in [4.78, 5) is 23.8. The number of carbonyl (C=O) groups excluding carboxylic acids is 2. The predicted molar refractivity (Wildman–Crippen MR) is 93.8 cm³/mol. The van der Waals surface area contributed by atoms with Gasteiger partial charge in [-0.3, -0.25) is 9.59 Å². The number of ether oxygens (including phenoxy) is 1. The molecular formula is C19H20N2O4. The molecule has 25 heavy (non-hydrogen) atoms. The van der Waals surface area contributed by atoms with Gasteiger partial charge in [-0.1, -0.05) is 24.3 Å². The predicted octanol–water partition coefficient (Wildman–Crippen LogP) is 1.66. The lowest BCUT2D eigenvalue weighted by molar-refractivity contribution is -0.118. The van der Waals surface area contributed by atoms with E-state index >= 15 is 0 Å². The molecule has 1 atom stereocenters. The van der Waals surface area contributed by atoms with E-state index in [4.69, 9.17) is 4.74 Å². The van der Waals surface area contributed by atoms with Crippen LogP contribution in [-0.2, 0) is 11.2 Å². The number of benzene rings is 2. The zero-order valence-electron chi connectivity index (χ0n) is 13.9. The first-order chi connectivity index (χ1) is 12.1. The highest BCUT2D eigenvalue weighted by atomic mass is 16.5. The van der Waals surface area contributed by atoms with Crippen LogP contribution in [0.3, 0.4) is 0 Å². The molecule has 0 saturated heterocycles. The Bertz CT molecular complexity index is 804. The molecule has 1 unspecified atom stereocenters. The van der Waals surface area contributed by atoms with Crippen molar-refractivity contribution in [3.8, 4) is 5.75 Å². The Kier molecular flexibility index (Phi) is 5.00. The summed E-state index contributed by atoms with van der Waals surface area (Å²) >= 11 is 0.